The number of nitrogens with zero attached hydrogens (tertiary/aromatic N) is 2. The Bertz CT molecular complexity index is 662. The van der Waals surface area contributed by atoms with Crippen LogP contribution in [-0.4, -0.2) is 18.6 Å². The van der Waals surface area contributed by atoms with Gasteiger partial charge in [-0.3, -0.25) is 5.01 Å². The average Bonchev–Trinajstić information content (AvgIpc) is 2.58. The summed E-state index contributed by atoms with van der Waals surface area (Å²) in [6.45, 7) is 0.321. The van der Waals surface area contributed by atoms with Crippen LogP contribution in [0.5, 0.6) is 5.75 Å². The number of halogens is 3. The van der Waals surface area contributed by atoms with Gasteiger partial charge in [0.05, 0.1) is 10.8 Å². The maximum absolute atomic E-state index is 12.8. The molecule has 2 aromatic rings. The molecule has 2 rings (SSSR count). The van der Waals surface area contributed by atoms with Gasteiger partial charge in [-0.15, -0.1) is 4.91 Å². The van der Waals surface area contributed by atoms with Crippen LogP contribution in [0, 0.1) is 4.91 Å². The molecule has 4 nitrogen and oxygen atoms in total. The minimum Gasteiger partial charge on any atom is -0.486 e. The Morgan fingerprint density at radius 3 is 2.46 bits per heavy atom. The van der Waals surface area contributed by atoms with E-state index in [-0.39, 0.29) is 5.75 Å². The lowest BCUT2D eigenvalue weighted by Crippen LogP contribution is -2.18. The first-order valence-electron chi connectivity index (χ1n) is 7.33. The van der Waals surface area contributed by atoms with Crippen molar-refractivity contribution >= 4 is 0 Å². The Balaban J connectivity index is 2.20. The Morgan fingerprint density at radius 2 is 1.83 bits per heavy atom. The predicted molar refractivity (Wildman–Crippen MR) is 84.3 cm³/mol. The normalized spacial score (nSPS) is 12.5. The van der Waals surface area contributed by atoms with E-state index in [1.807, 2.05) is 30.3 Å². The molecule has 0 aliphatic carbocycles. The van der Waals surface area contributed by atoms with Crippen molar-refractivity contribution in [2.24, 2.45) is 5.29 Å². The van der Waals surface area contributed by atoms with E-state index in [4.69, 9.17) is 4.74 Å². The first kappa shape index (κ1) is 17.8. The fraction of sp³-hybridized carbons (Fsp3) is 0.294. The quantitative estimate of drug-likeness (QED) is 0.536. The molecule has 2 aromatic carbocycles. The van der Waals surface area contributed by atoms with Crippen LogP contribution in [0.2, 0.25) is 0 Å². The minimum absolute atomic E-state index is 0.125. The number of rotatable bonds is 7. The molecule has 1 atom stereocenters. The van der Waals surface area contributed by atoms with Crippen molar-refractivity contribution in [2.45, 2.75) is 18.7 Å². The van der Waals surface area contributed by atoms with Crippen LogP contribution < -0.4 is 4.74 Å². The highest BCUT2D eigenvalue weighted by molar-refractivity contribution is 5.31. The van der Waals surface area contributed by atoms with Gasteiger partial charge in [0.1, 0.15) is 11.9 Å². The SMILES string of the molecule is CN(CCC(Oc1cccc(C(F)(F)F)c1)c1ccccc1)N=O. The lowest BCUT2D eigenvalue weighted by Gasteiger charge is -2.21. The number of benzene rings is 2. The maximum Gasteiger partial charge on any atom is 0.416 e. The van der Waals surface area contributed by atoms with E-state index >= 15 is 0 Å². The highest BCUT2D eigenvalue weighted by Gasteiger charge is 2.30. The highest BCUT2D eigenvalue weighted by Crippen LogP contribution is 2.33. The molecule has 0 saturated carbocycles. The van der Waals surface area contributed by atoms with Crippen molar-refractivity contribution in [1.82, 2.24) is 5.01 Å². The second-order valence-electron chi connectivity index (χ2n) is 5.29. The van der Waals surface area contributed by atoms with E-state index < -0.39 is 17.8 Å². The predicted octanol–water partition coefficient (Wildman–Crippen LogP) is 4.83. The van der Waals surface area contributed by atoms with Crippen molar-refractivity contribution in [1.29, 1.82) is 0 Å². The van der Waals surface area contributed by atoms with Crippen LogP contribution in [0.4, 0.5) is 13.2 Å². The van der Waals surface area contributed by atoms with Gasteiger partial charge in [-0.2, -0.15) is 13.2 Å². The van der Waals surface area contributed by atoms with E-state index in [0.29, 0.717) is 13.0 Å². The summed E-state index contributed by atoms with van der Waals surface area (Å²) in [4.78, 5) is 10.5. The molecule has 0 aliphatic heterocycles. The van der Waals surface area contributed by atoms with Crippen LogP contribution in [0.25, 0.3) is 0 Å². The molecule has 7 heteroatoms. The zero-order valence-electron chi connectivity index (χ0n) is 13.0. The van der Waals surface area contributed by atoms with Gasteiger partial charge in [-0.05, 0) is 23.8 Å². The van der Waals surface area contributed by atoms with E-state index in [1.165, 1.54) is 24.2 Å². The summed E-state index contributed by atoms with van der Waals surface area (Å²) >= 11 is 0. The fourth-order valence-electron chi connectivity index (χ4n) is 2.22. The van der Waals surface area contributed by atoms with Crippen LogP contribution in [0.15, 0.2) is 59.9 Å². The van der Waals surface area contributed by atoms with Gasteiger partial charge < -0.3 is 4.74 Å². The topological polar surface area (TPSA) is 41.9 Å². The van der Waals surface area contributed by atoms with E-state index in [0.717, 1.165) is 17.7 Å². The van der Waals surface area contributed by atoms with Gasteiger partial charge in [0.15, 0.2) is 0 Å². The molecule has 0 heterocycles. The number of alkyl halides is 3. The number of hydrogen-bond donors (Lipinski definition) is 0. The molecule has 1 unspecified atom stereocenters. The third kappa shape index (κ3) is 4.97. The molecule has 0 N–H and O–H groups in total. The van der Waals surface area contributed by atoms with Gasteiger partial charge in [-0.25, -0.2) is 0 Å². The van der Waals surface area contributed by atoms with Crippen molar-refractivity contribution < 1.29 is 17.9 Å². The third-order valence-electron chi connectivity index (χ3n) is 3.47. The van der Waals surface area contributed by atoms with Crippen molar-refractivity contribution in [3.63, 3.8) is 0 Å². The van der Waals surface area contributed by atoms with Crippen molar-refractivity contribution in [2.75, 3.05) is 13.6 Å². The van der Waals surface area contributed by atoms with Gasteiger partial charge in [0.2, 0.25) is 0 Å². The zero-order chi connectivity index (χ0) is 17.6. The molecular formula is C17H17F3N2O2. The summed E-state index contributed by atoms with van der Waals surface area (Å²) in [6, 6.07) is 13.9. The third-order valence-corrected chi connectivity index (χ3v) is 3.47. The molecule has 128 valence electrons. The Morgan fingerprint density at radius 1 is 1.12 bits per heavy atom. The van der Waals surface area contributed by atoms with Crippen molar-refractivity contribution in [3.8, 4) is 5.75 Å². The summed E-state index contributed by atoms with van der Waals surface area (Å²) in [5.41, 5.74) is 0.0488. The lowest BCUT2D eigenvalue weighted by atomic mass is 10.1. The van der Waals surface area contributed by atoms with Gasteiger partial charge in [0.25, 0.3) is 0 Å². The first-order valence-corrected chi connectivity index (χ1v) is 7.33. The molecule has 0 fully saturated rings. The Hall–Kier alpha value is -2.57. The Kier molecular flexibility index (Phi) is 5.78. The number of ether oxygens (including phenoxy) is 1. The minimum atomic E-state index is -4.43. The monoisotopic (exact) mass is 338 g/mol. The van der Waals surface area contributed by atoms with E-state index in [9.17, 15) is 18.1 Å². The van der Waals surface area contributed by atoms with Crippen molar-refractivity contribution in [3.05, 3.63) is 70.6 Å². The van der Waals surface area contributed by atoms with Gasteiger partial charge in [-0.1, -0.05) is 36.4 Å². The average molecular weight is 338 g/mol. The van der Waals surface area contributed by atoms with E-state index in [2.05, 4.69) is 5.29 Å². The summed E-state index contributed by atoms with van der Waals surface area (Å²) in [7, 11) is 1.53. The van der Waals surface area contributed by atoms with E-state index in [1.54, 1.807) is 0 Å². The van der Waals surface area contributed by atoms with Crippen LogP contribution >= 0.6 is 0 Å². The summed E-state index contributed by atoms with van der Waals surface area (Å²) in [6.07, 6.45) is -4.51. The maximum atomic E-state index is 12.8. The van der Waals surface area contributed by atoms with Crippen LogP contribution in [0.3, 0.4) is 0 Å². The summed E-state index contributed by atoms with van der Waals surface area (Å²) < 4.78 is 44.2. The molecular weight excluding hydrogens is 321 g/mol. The molecule has 0 aliphatic rings. The molecule has 0 radical (unpaired) electrons. The molecule has 24 heavy (non-hydrogen) atoms. The van der Waals surface area contributed by atoms with Gasteiger partial charge >= 0.3 is 6.18 Å². The first-order chi connectivity index (χ1) is 11.4. The summed E-state index contributed by atoms with van der Waals surface area (Å²) in [5, 5.41) is 4.00. The molecule has 0 saturated heterocycles. The lowest BCUT2D eigenvalue weighted by molar-refractivity contribution is -0.137. The molecule has 0 amide bonds. The van der Waals surface area contributed by atoms with Crippen LogP contribution in [0.1, 0.15) is 23.7 Å². The summed E-state index contributed by atoms with van der Waals surface area (Å²) in [5.74, 6) is 0.125. The zero-order valence-corrected chi connectivity index (χ0v) is 13.0. The second-order valence-corrected chi connectivity index (χ2v) is 5.29. The largest absolute Gasteiger partial charge is 0.486 e. The van der Waals surface area contributed by atoms with Crippen LogP contribution in [-0.2, 0) is 6.18 Å². The fourth-order valence-corrected chi connectivity index (χ4v) is 2.22. The molecule has 0 bridgehead atoms. The highest BCUT2D eigenvalue weighted by atomic mass is 19.4. The number of hydrogen-bond acceptors (Lipinski definition) is 3. The second kappa shape index (κ2) is 7.81. The molecule has 0 spiro atoms. The Labute approximate surface area is 137 Å². The molecule has 0 aromatic heterocycles. The smallest absolute Gasteiger partial charge is 0.416 e. The number of nitroso groups, excluding NO2 is 1. The standard InChI is InChI=1S/C17H17F3N2O2/c1-22(21-23)11-10-16(13-6-3-2-4-7-13)24-15-9-5-8-14(12-15)17(18,19)20/h2-9,12,16H,10-11H2,1H3. The van der Waals surface area contributed by atoms with Gasteiger partial charge in [0, 0.05) is 20.0 Å².